The van der Waals surface area contributed by atoms with Crippen molar-refractivity contribution in [3.8, 4) is 0 Å². The lowest BCUT2D eigenvalue weighted by molar-refractivity contribution is -0.137. The van der Waals surface area contributed by atoms with Crippen LogP contribution < -0.4 is 10.6 Å². The SMILES string of the molecule is CC(C)(C)[C@H]1CC(=O)NC(c2cccc(Cl)c2)C12C(=O)Nc1cc(Cl)ccc12. The molecule has 2 amide bonds. The highest BCUT2D eigenvalue weighted by molar-refractivity contribution is 6.31. The van der Waals surface area contributed by atoms with E-state index in [0.29, 0.717) is 15.7 Å². The zero-order valence-electron chi connectivity index (χ0n) is 16.0. The number of anilines is 1. The maximum Gasteiger partial charge on any atom is 0.237 e. The van der Waals surface area contributed by atoms with Crippen LogP contribution in [0.1, 0.15) is 44.4 Å². The van der Waals surface area contributed by atoms with Crippen molar-refractivity contribution in [3.05, 3.63) is 63.6 Å². The van der Waals surface area contributed by atoms with Crippen LogP contribution in [0.3, 0.4) is 0 Å². The Morgan fingerprint density at radius 3 is 2.43 bits per heavy atom. The van der Waals surface area contributed by atoms with E-state index < -0.39 is 11.5 Å². The summed E-state index contributed by atoms with van der Waals surface area (Å²) in [5, 5.41) is 7.23. The number of nitrogens with one attached hydrogen (secondary N) is 2. The third kappa shape index (κ3) is 2.82. The van der Waals surface area contributed by atoms with Crippen LogP contribution in [-0.4, -0.2) is 11.8 Å². The normalized spacial score (nSPS) is 26.8. The molecule has 2 N–H and O–H groups in total. The van der Waals surface area contributed by atoms with Gasteiger partial charge in [0.15, 0.2) is 0 Å². The second-order valence-electron chi connectivity index (χ2n) is 8.69. The summed E-state index contributed by atoms with van der Waals surface area (Å²) < 4.78 is 0. The molecule has 28 heavy (non-hydrogen) atoms. The van der Waals surface area contributed by atoms with Gasteiger partial charge in [-0.05, 0) is 46.7 Å². The number of halogens is 2. The van der Waals surface area contributed by atoms with Crippen LogP contribution in [0.4, 0.5) is 5.69 Å². The molecule has 1 saturated heterocycles. The van der Waals surface area contributed by atoms with E-state index in [-0.39, 0.29) is 29.6 Å². The number of hydrogen-bond donors (Lipinski definition) is 2. The molecule has 0 saturated carbocycles. The maximum atomic E-state index is 13.6. The summed E-state index contributed by atoms with van der Waals surface area (Å²) >= 11 is 12.4. The minimum absolute atomic E-state index is 0.0641. The van der Waals surface area contributed by atoms with Crippen LogP contribution >= 0.6 is 23.2 Å². The van der Waals surface area contributed by atoms with Crippen LogP contribution in [0, 0.1) is 11.3 Å². The predicted octanol–water partition coefficient (Wildman–Crippen LogP) is 5.11. The molecule has 1 spiro atoms. The summed E-state index contributed by atoms with van der Waals surface area (Å²) in [4.78, 5) is 26.3. The van der Waals surface area contributed by atoms with E-state index >= 15 is 0 Å². The van der Waals surface area contributed by atoms with Crippen molar-refractivity contribution in [2.24, 2.45) is 11.3 Å². The van der Waals surface area contributed by atoms with Gasteiger partial charge in [-0.25, -0.2) is 0 Å². The third-order valence-electron chi connectivity index (χ3n) is 5.98. The zero-order chi connectivity index (χ0) is 20.3. The number of fused-ring (bicyclic) bond motifs is 2. The number of carbonyl (C=O) groups excluding carboxylic acids is 2. The first kappa shape index (κ1) is 19.3. The molecule has 4 rings (SSSR count). The summed E-state index contributed by atoms with van der Waals surface area (Å²) in [6.07, 6.45) is 0.274. The number of hydrogen-bond acceptors (Lipinski definition) is 2. The molecule has 0 radical (unpaired) electrons. The highest BCUT2D eigenvalue weighted by Crippen LogP contribution is 2.58. The molecule has 6 heteroatoms. The van der Waals surface area contributed by atoms with Crippen molar-refractivity contribution in [1.29, 1.82) is 0 Å². The van der Waals surface area contributed by atoms with Gasteiger partial charge < -0.3 is 10.6 Å². The lowest BCUT2D eigenvalue weighted by Crippen LogP contribution is -2.60. The fraction of sp³-hybridized carbons (Fsp3) is 0.364. The molecule has 2 unspecified atom stereocenters. The van der Waals surface area contributed by atoms with Crippen LogP contribution in [0.5, 0.6) is 0 Å². The quantitative estimate of drug-likeness (QED) is 0.678. The smallest absolute Gasteiger partial charge is 0.237 e. The van der Waals surface area contributed by atoms with Gasteiger partial charge in [0.25, 0.3) is 0 Å². The number of amides is 2. The second kappa shape index (κ2) is 6.50. The molecular formula is C22H22Cl2N2O2. The van der Waals surface area contributed by atoms with Gasteiger partial charge in [0.1, 0.15) is 5.41 Å². The van der Waals surface area contributed by atoms with E-state index in [2.05, 4.69) is 31.4 Å². The van der Waals surface area contributed by atoms with Gasteiger partial charge in [0, 0.05) is 22.2 Å². The number of carbonyl (C=O) groups is 2. The predicted molar refractivity (Wildman–Crippen MR) is 112 cm³/mol. The monoisotopic (exact) mass is 416 g/mol. The molecule has 2 aromatic rings. The molecule has 3 atom stereocenters. The van der Waals surface area contributed by atoms with E-state index in [1.807, 2.05) is 24.3 Å². The molecule has 0 bridgehead atoms. The molecule has 1 fully saturated rings. The van der Waals surface area contributed by atoms with Gasteiger partial charge in [-0.3, -0.25) is 9.59 Å². The minimum atomic E-state index is -0.948. The van der Waals surface area contributed by atoms with Crippen molar-refractivity contribution in [2.45, 2.75) is 38.6 Å². The largest absolute Gasteiger partial charge is 0.348 e. The Labute approximate surface area is 174 Å². The Morgan fingerprint density at radius 2 is 1.75 bits per heavy atom. The molecule has 0 aromatic heterocycles. The lowest BCUT2D eigenvalue weighted by atomic mass is 9.54. The van der Waals surface area contributed by atoms with Crippen molar-refractivity contribution < 1.29 is 9.59 Å². The fourth-order valence-corrected chi connectivity index (χ4v) is 5.23. The third-order valence-corrected chi connectivity index (χ3v) is 6.45. The molecule has 4 nitrogen and oxygen atoms in total. The average Bonchev–Trinajstić information content (AvgIpc) is 2.87. The van der Waals surface area contributed by atoms with Crippen LogP contribution in [0.15, 0.2) is 42.5 Å². The van der Waals surface area contributed by atoms with Crippen molar-refractivity contribution in [2.75, 3.05) is 5.32 Å². The molecule has 2 heterocycles. The van der Waals surface area contributed by atoms with Gasteiger partial charge in [-0.15, -0.1) is 0 Å². The van der Waals surface area contributed by atoms with E-state index in [0.717, 1.165) is 11.1 Å². The molecule has 2 aliphatic heterocycles. The van der Waals surface area contributed by atoms with Crippen LogP contribution in [-0.2, 0) is 15.0 Å². The summed E-state index contributed by atoms with van der Waals surface area (Å²) in [6.45, 7) is 6.23. The van der Waals surface area contributed by atoms with Crippen molar-refractivity contribution in [1.82, 2.24) is 5.32 Å². The summed E-state index contributed by atoms with van der Waals surface area (Å²) in [5.41, 5.74) is 1.15. The first-order valence-corrected chi connectivity index (χ1v) is 10.1. The van der Waals surface area contributed by atoms with Gasteiger partial charge >= 0.3 is 0 Å². The van der Waals surface area contributed by atoms with E-state index in [4.69, 9.17) is 23.2 Å². The second-order valence-corrected chi connectivity index (χ2v) is 9.56. The maximum absolute atomic E-state index is 13.6. The summed E-state index contributed by atoms with van der Waals surface area (Å²) in [6, 6.07) is 12.3. The zero-order valence-corrected chi connectivity index (χ0v) is 17.5. The summed E-state index contributed by atoms with van der Waals surface area (Å²) in [7, 11) is 0. The van der Waals surface area contributed by atoms with E-state index in [1.165, 1.54) is 0 Å². The number of piperidine rings is 1. The molecule has 0 aliphatic carbocycles. The average molecular weight is 417 g/mol. The van der Waals surface area contributed by atoms with Crippen LogP contribution in [0.2, 0.25) is 10.0 Å². The molecular weight excluding hydrogens is 395 g/mol. The van der Waals surface area contributed by atoms with Gasteiger partial charge in [0.2, 0.25) is 11.8 Å². The first-order chi connectivity index (χ1) is 13.1. The highest BCUT2D eigenvalue weighted by Gasteiger charge is 2.63. The number of benzene rings is 2. The Bertz CT molecular complexity index is 983. The van der Waals surface area contributed by atoms with Crippen LogP contribution in [0.25, 0.3) is 0 Å². The number of rotatable bonds is 1. The molecule has 146 valence electrons. The summed E-state index contributed by atoms with van der Waals surface area (Å²) in [5.74, 6) is -0.388. The fourth-order valence-electron chi connectivity index (χ4n) is 4.86. The molecule has 2 aromatic carbocycles. The van der Waals surface area contributed by atoms with Gasteiger partial charge in [0.05, 0.1) is 6.04 Å². The lowest BCUT2D eigenvalue weighted by Gasteiger charge is -2.51. The topological polar surface area (TPSA) is 58.2 Å². The first-order valence-electron chi connectivity index (χ1n) is 9.30. The van der Waals surface area contributed by atoms with Gasteiger partial charge in [-0.2, -0.15) is 0 Å². The van der Waals surface area contributed by atoms with Gasteiger partial charge in [-0.1, -0.05) is 62.2 Å². The Kier molecular flexibility index (Phi) is 4.48. The Hall–Kier alpha value is -2.04. The Morgan fingerprint density at radius 1 is 1.04 bits per heavy atom. The Balaban J connectivity index is 2.02. The van der Waals surface area contributed by atoms with E-state index in [9.17, 15) is 9.59 Å². The van der Waals surface area contributed by atoms with Crippen molar-refractivity contribution >= 4 is 40.7 Å². The minimum Gasteiger partial charge on any atom is -0.348 e. The highest BCUT2D eigenvalue weighted by atomic mass is 35.5. The van der Waals surface area contributed by atoms with Crippen molar-refractivity contribution in [3.63, 3.8) is 0 Å². The molecule has 2 aliphatic rings. The standard InChI is InChI=1S/C22H22Cl2N2O2/c1-21(2,3)17-11-18(27)26-19(12-5-4-6-13(23)9-12)22(17)15-8-7-14(24)10-16(15)25-20(22)28/h4-10,17,19H,11H2,1-3H3,(H,25,28)(H,26,27)/t17-,19?,22?/m1/s1. The van der Waals surface area contributed by atoms with E-state index in [1.54, 1.807) is 18.2 Å².